The molecule has 0 amide bonds. The normalized spacial score (nSPS) is 24.5. The van der Waals surface area contributed by atoms with Crippen LogP contribution in [0.4, 0.5) is 0 Å². The molecule has 0 spiro atoms. The molecule has 1 rings (SSSR count). The monoisotopic (exact) mass is 304 g/mol. The van der Waals surface area contributed by atoms with Crippen molar-refractivity contribution < 1.29 is 19.1 Å². The molecule has 0 saturated carbocycles. The van der Waals surface area contributed by atoms with Gasteiger partial charge < -0.3 is 9.47 Å². The second-order valence-corrected chi connectivity index (χ2v) is 5.38. The summed E-state index contributed by atoms with van der Waals surface area (Å²) < 4.78 is 10.1. The largest absolute Gasteiger partial charge is 0.465 e. The van der Waals surface area contributed by atoms with Gasteiger partial charge in [0.15, 0.2) is 0 Å². The van der Waals surface area contributed by atoms with Crippen LogP contribution in [0.3, 0.4) is 0 Å². The maximum atomic E-state index is 11.1. The van der Waals surface area contributed by atoms with E-state index < -0.39 is 0 Å². The van der Waals surface area contributed by atoms with Crippen LogP contribution in [-0.2, 0) is 19.1 Å². The Labute approximate surface area is 132 Å². The molecule has 120 valence electrons. The van der Waals surface area contributed by atoms with E-state index in [-0.39, 0.29) is 36.5 Å². The summed E-state index contributed by atoms with van der Waals surface area (Å²) in [7, 11) is 0. The van der Waals surface area contributed by atoms with Crippen LogP contribution in [0, 0.1) is 11.3 Å². The summed E-state index contributed by atoms with van der Waals surface area (Å²) in [6.45, 7) is 11.0. The average Bonchev–Trinajstić information content (AvgIpc) is 2.49. The van der Waals surface area contributed by atoms with Gasteiger partial charge >= 0.3 is 11.9 Å². The first-order valence-electron chi connectivity index (χ1n) is 7.34. The number of esters is 2. The molecule has 0 aromatic heterocycles. The highest BCUT2D eigenvalue weighted by atomic mass is 16.5. The molecule has 0 aromatic rings. The van der Waals surface area contributed by atoms with Crippen molar-refractivity contribution in [1.82, 2.24) is 0 Å². The van der Waals surface area contributed by atoms with E-state index >= 15 is 0 Å². The average molecular weight is 304 g/mol. The molecule has 0 saturated heterocycles. The summed E-state index contributed by atoms with van der Waals surface area (Å²) in [5, 5.41) is 0. The number of ether oxygens (including phenoxy) is 2. The first kappa shape index (κ1) is 18.0. The molecule has 0 heterocycles. The van der Waals surface area contributed by atoms with E-state index in [9.17, 15) is 9.59 Å². The lowest BCUT2D eigenvalue weighted by Gasteiger charge is -2.38. The van der Waals surface area contributed by atoms with Crippen molar-refractivity contribution in [3.63, 3.8) is 0 Å². The molecule has 4 nitrogen and oxygen atoms in total. The molecule has 1 aliphatic rings. The van der Waals surface area contributed by atoms with E-state index in [0.717, 1.165) is 18.4 Å². The second-order valence-electron chi connectivity index (χ2n) is 5.38. The Balaban J connectivity index is 2.93. The van der Waals surface area contributed by atoms with E-state index in [4.69, 9.17) is 9.47 Å². The highest BCUT2D eigenvalue weighted by molar-refractivity contribution is 5.66. The van der Waals surface area contributed by atoms with Crippen LogP contribution >= 0.6 is 0 Å². The lowest BCUT2D eigenvalue weighted by molar-refractivity contribution is -0.143. The molecular formula is C18H24O4. The van der Waals surface area contributed by atoms with Crippen molar-refractivity contribution >= 4 is 11.9 Å². The van der Waals surface area contributed by atoms with Crippen molar-refractivity contribution in [2.45, 2.75) is 26.7 Å². The summed E-state index contributed by atoms with van der Waals surface area (Å²) in [4.78, 5) is 21.9. The third-order valence-corrected chi connectivity index (χ3v) is 3.87. The first-order valence-corrected chi connectivity index (χ1v) is 7.34. The summed E-state index contributed by atoms with van der Waals surface area (Å²) in [5.74, 6) is -0.628. The van der Waals surface area contributed by atoms with Gasteiger partial charge in [0, 0.05) is 25.2 Å². The molecule has 0 N–H and O–H groups in total. The van der Waals surface area contributed by atoms with Crippen LogP contribution in [0.15, 0.2) is 49.1 Å². The number of carbonyl (C=O) groups is 2. The Morgan fingerprint density at radius 2 is 2.00 bits per heavy atom. The third kappa shape index (κ3) is 5.02. The third-order valence-electron chi connectivity index (χ3n) is 3.87. The van der Waals surface area contributed by atoms with Gasteiger partial charge in [-0.3, -0.25) is 9.59 Å². The number of rotatable bonds is 7. The first-order chi connectivity index (χ1) is 10.4. The SMILES string of the molecule is C=CC1=C[C@@H](COC(C)=O)[C@](C=C)(/C=C/COC(C)=O)CC1. The zero-order valence-electron chi connectivity index (χ0n) is 13.3. The van der Waals surface area contributed by atoms with Gasteiger partial charge in [-0.1, -0.05) is 42.5 Å². The number of hydrogen-bond donors (Lipinski definition) is 0. The van der Waals surface area contributed by atoms with Gasteiger partial charge in [0.1, 0.15) is 6.61 Å². The van der Waals surface area contributed by atoms with Gasteiger partial charge in [-0.2, -0.15) is 0 Å². The number of carbonyl (C=O) groups excluding carboxylic acids is 2. The molecule has 0 aliphatic heterocycles. The lowest BCUT2D eigenvalue weighted by atomic mass is 9.67. The fraction of sp³-hybridized carbons (Fsp3) is 0.444. The topological polar surface area (TPSA) is 52.6 Å². The molecule has 0 fully saturated rings. The second kappa shape index (κ2) is 8.37. The maximum Gasteiger partial charge on any atom is 0.302 e. The predicted molar refractivity (Wildman–Crippen MR) is 86.0 cm³/mol. The molecule has 0 radical (unpaired) electrons. The fourth-order valence-electron chi connectivity index (χ4n) is 2.59. The van der Waals surface area contributed by atoms with Crippen LogP contribution < -0.4 is 0 Å². The molecule has 1 aliphatic carbocycles. The molecular weight excluding hydrogens is 280 g/mol. The number of allylic oxidation sites excluding steroid dienone is 4. The minimum absolute atomic E-state index is 0.00997. The van der Waals surface area contributed by atoms with E-state index in [0.29, 0.717) is 0 Å². The van der Waals surface area contributed by atoms with Crippen molar-refractivity contribution in [3.8, 4) is 0 Å². The Kier molecular flexibility index (Phi) is 6.83. The molecule has 4 heteroatoms. The lowest BCUT2D eigenvalue weighted by Crippen LogP contribution is -2.32. The Bertz CT molecular complexity index is 501. The summed E-state index contributed by atoms with van der Waals surface area (Å²) in [6, 6.07) is 0. The minimum atomic E-state index is -0.317. The van der Waals surface area contributed by atoms with Gasteiger partial charge in [-0.05, 0) is 12.8 Å². The van der Waals surface area contributed by atoms with Crippen LogP contribution in [0.2, 0.25) is 0 Å². The highest BCUT2D eigenvalue weighted by Gasteiger charge is 2.35. The van der Waals surface area contributed by atoms with Crippen LogP contribution in [-0.4, -0.2) is 25.2 Å². The van der Waals surface area contributed by atoms with E-state index in [1.807, 2.05) is 24.3 Å². The van der Waals surface area contributed by atoms with E-state index in [2.05, 4.69) is 19.2 Å². The molecule has 0 aromatic carbocycles. The van der Waals surface area contributed by atoms with E-state index in [1.54, 1.807) is 0 Å². The molecule has 0 bridgehead atoms. The highest BCUT2D eigenvalue weighted by Crippen LogP contribution is 2.43. The van der Waals surface area contributed by atoms with Crippen molar-refractivity contribution in [2.75, 3.05) is 13.2 Å². The Morgan fingerprint density at radius 1 is 1.32 bits per heavy atom. The fourth-order valence-corrected chi connectivity index (χ4v) is 2.59. The standard InChI is InChI=1S/C18H24O4/c1-5-16-8-10-18(6-2,9-7-11-21-14(3)19)17(12-16)13-22-15(4)20/h5-7,9,12,17H,1-2,8,10-11,13H2,3-4H3/b9-7+/t17-,18+/m0/s1. The minimum Gasteiger partial charge on any atom is -0.465 e. The van der Waals surface area contributed by atoms with Crippen LogP contribution in [0.5, 0.6) is 0 Å². The van der Waals surface area contributed by atoms with Crippen molar-refractivity contribution in [3.05, 3.63) is 49.1 Å². The number of hydrogen-bond acceptors (Lipinski definition) is 4. The summed E-state index contributed by atoms with van der Waals surface area (Å²) in [5.41, 5.74) is 0.824. The van der Waals surface area contributed by atoms with E-state index in [1.165, 1.54) is 13.8 Å². The Hall–Kier alpha value is -2.10. The summed E-state index contributed by atoms with van der Waals surface area (Å²) >= 11 is 0. The summed E-state index contributed by atoms with van der Waals surface area (Å²) in [6.07, 6.45) is 11.3. The van der Waals surface area contributed by atoms with Gasteiger partial charge in [0.05, 0.1) is 6.61 Å². The quantitative estimate of drug-likeness (QED) is 0.534. The smallest absolute Gasteiger partial charge is 0.302 e. The predicted octanol–water partition coefficient (Wildman–Crippen LogP) is 3.36. The maximum absolute atomic E-state index is 11.1. The molecule has 0 unspecified atom stereocenters. The van der Waals surface area contributed by atoms with Gasteiger partial charge in [-0.15, -0.1) is 6.58 Å². The zero-order chi connectivity index (χ0) is 16.6. The van der Waals surface area contributed by atoms with Crippen molar-refractivity contribution in [2.24, 2.45) is 11.3 Å². The zero-order valence-corrected chi connectivity index (χ0v) is 13.3. The van der Waals surface area contributed by atoms with Crippen molar-refractivity contribution in [1.29, 1.82) is 0 Å². The van der Waals surface area contributed by atoms with Crippen LogP contribution in [0.25, 0.3) is 0 Å². The Morgan fingerprint density at radius 3 is 2.55 bits per heavy atom. The van der Waals surface area contributed by atoms with Gasteiger partial charge in [0.2, 0.25) is 0 Å². The molecule has 2 atom stereocenters. The molecule has 22 heavy (non-hydrogen) atoms. The van der Waals surface area contributed by atoms with Gasteiger partial charge in [-0.25, -0.2) is 0 Å². The van der Waals surface area contributed by atoms with Gasteiger partial charge in [0.25, 0.3) is 0 Å². The van der Waals surface area contributed by atoms with Crippen LogP contribution in [0.1, 0.15) is 26.7 Å².